The Kier molecular flexibility index (Phi) is 4.28. The maximum absolute atomic E-state index is 5.12. The number of hydrogen-bond acceptors (Lipinski definition) is 2. The molecule has 0 atom stereocenters. The van der Waals surface area contributed by atoms with Crippen molar-refractivity contribution in [3.8, 4) is 0 Å². The smallest absolute Gasteiger partial charge is 0.0503 e. The maximum Gasteiger partial charge on any atom is 0.0503 e. The van der Waals surface area contributed by atoms with Crippen LogP contribution in [0.2, 0.25) is 0 Å². The first-order valence-electron chi connectivity index (χ1n) is 5.85. The third kappa shape index (κ3) is 3.40. The molecule has 0 radical (unpaired) electrons. The van der Waals surface area contributed by atoms with Crippen LogP contribution in [0.3, 0.4) is 0 Å². The summed E-state index contributed by atoms with van der Waals surface area (Å²) in [7, 11) is 1.73. The summed E-state index contributed by atoms with van der Waals surface area (Å²) in [4.78, 5) is 4.18. The summed E-state index contributed by atoms with van der Waals surface area (Å²) in [5, 5.41) is 0. The third-order valence-corrected chi connectivity index (χ3v) is 2.82. The second kappa shape index (κ2) is 6.16. The predicted octanol–water partition coefficient (Wildman–Crippen LogP) is 2.86. The molecular formula is C15H17NO. The Morgan fingerprint density at radius 1 is 1.06 bits per heavy atom. The van der Waals surface area contributed by atoms with Crippen LogP contribution in [0.15, 0.2) is 48.8 Å². The number of rotatable bonds is 5. The first-order valence-corrected chi connectivity index (χ1v) is 5.85. The van der Waals surface area contributed by atoms with Gasteiger partial charge >= 0.3 is 0 Å². The maximum atomic E-state index is 5.12. The van der Waals surface area contributed by atoms with Gasteiger partial charge < -0.3 is 4.74 Å². The fourth-order valence-corrected chi connectivity index (χ4v) is 1.88. The Balaban J connectivity index is 2.15. The van der Waals surface area contributed by atoms with Gasteiger partial charge in [0.1, 0.15) is 0 Å². The molecule has 1 aromatic carbocycles. The first kappa shape index (κ1) is 11.8. The predicted molar refractivity (Wildman–Crippen MR) is 69.1 cm³/mol. The fraction of sp³-hybridized carbons (Fsp3) is 0.267. The zero-order chi connectivity index (χ0) is 11.9. The van der Waals surface area contributed by atoms with Crippen LogP contribution in [-0.2, 0) is 17.6 Å². The van der Waals surface area contributed by atoms with Crippen LogP contribution in [0.5, 0.6) is 0 Å². The van der Waals surface area contributed by atoms with E-state index in [1.807, 2.05) is 18.5 Å². The minimum absolute atomic E-state index is 0.744. The summed E-state index contributed by atoms with van der Waals surface area (Å²) in [5.74, 6) is 0. The van der Waals surface area contributed by atoms with Crippen LogP contribution in [0, 0.1) is 0 Å². The van der Waals surface area contributed by atoms with Crippen LogP contribution in [0.4, 0.5) is 0 Å². The summed E-state index contributed by atoms with van der Waals surface area (Å²) in [6, 6.07) is 12.6. The van der Waals surface area contributed by atoms with Gasteiger partial charge in [0.2, 0.25) is 0 Å². The SMILES string of the molecule is COCCc1cnccc1Cc1ccccc1. The molecule has 0 aliphatic heterocycles. The van der Waals surface area contributed by atoms with Crippen LogP contribution in [-0.4, -0.2) is 18.7 Å². The van der Waals surface area contributed by atoms with Gasteiger partial charge in [-0.2, -0.15) is 0 Å². The highest BCUT2D eigenvalue weighted by molar-refractivity contribution is 5.30. The van der Waals surface area contributed by atoms with E-state index in [0.717, 1.165) is 19.4 Å². The second-order valence-electron chi connectivity index (χ2n) is 4.05. The molecule has 0 saturated carbocycles. The Hall–Kier alpha value is -1.67. The van der Waals surface area contributed by atoms with Crippen molar-refractivity contribution in [2.24, 2.45) is 0 Å². The Morgan fingerprint density at radius 3 is 2.65 bits per heavy atom. The van der Waals surface area contributed by atoms with Crippen molar-refractivity contribution >= 4 is 0 Å². The highest BCUT2D eigenvalue weighted by atomic mass is 16.5. The normalized spacial score (nSPS) is 10.4. The molecule has 0 N–H and O–H groups in total. The lowest BCUT2D eigenvalue weighted by Gasteiger charge is -2.08. The largest absolute Gasteiger partial charge is 0.384 e. The van der Waals surface area contributed by atoms with Gasteiger partial charge in [-0.05, 0) is 35.6 Å². The molecule has 1 aromatic heterocycles. The van der Waals surface area contributed by atoms with Gasteiger partial charge in [-0.1, -0.05) is 30.3 Å². The number of pyridine rings is 1. The molecule has 2 heteroatoms. The van der Waals surface area contributed by atoms with Gasteiger partial charge in [0.15, 0.2) is 0 Å². The van der Waals surface area contributed by atoms with Crippen molar-refractivity contribution in [3.63, 3.8) is 0 Å². The summed E-state index contributed by atoms with van der Waals surface area (Å²) < 4.78 is 5.12. The molecule has 17 heavy (non-hydrogen) atoms. The van der Waals surface area contributed by atoms with Crippen LogP contribution in [0.25, 0.3) is 0 Å². The monoisotopic (exact) mass is 227 g/mol. The van der Waals surface area contributed by atoms with Gasteiger partial charge in [0.05, 0.1) is 6.61 Å². The van der Waals surface area contributed by atoms with E-state index in [9.17, 15) is 0 Å². The van der Waals surface area contributed by atoms with E-state index in [0.29, 0.717) is 0 Å². The molecule has 88 valence electrons. The quantitative estimate of drug-likeness (QED) is 0.783. The summed E-state index contributed by atoms with van der Waals surface area (Å²) in [6.45, 7) is 0.744. The molecule has 0 aliphatic carbocycles. The number of benzene rings is 1. The molecule has 0 fully saturated rings. The molecule has 2 aromatic rings. The van der Waals surface area contributed by atoms with Gasteiger partial charge in [-0.3, -0.25) is 4.98 Å². The average Bonchev–Trinajstić information content (AvgIpc) is 2.39. The molecule has 0 aliphatic rings. The standard InChI is InChI=1S/C15H17NO/c1-17-10-8-15-12-16-9-7-14(15)11-13-5-3-2-4-6-13/h2-7,9,12H,8,10-11H2,1H3. The number of hydrogen-bond donors (Lipinski definition) is 0. The van der Waals surface area contributed by atoms with Crippen molar-refractivity contribution in [1.82, 2.24) is 4.98 Å². The van der Waals surface area contributed by atoms with Gasteiger partial charge in [0.25, 0.3) is 0 Å². The van der Waals surface area contributed by atoms with E-state index in [4.69, 9.17) is 4.74 Å². The van der Waals surface area contributed by atoms with Crippen molar-refractivity contribution < 1.29 is 4.74 Å². The van der Waals surface area contributed by atoms with Crippen molar-refractivity contribution in [3.05, 3.63) is 65.5 Å². The molecule has 1 heterocycles. The molecular weight excluding hydrogens is 210 g/mol. The zero-order valence-electron chi connectivity index (χ0n) is 10.1. The topological polar surface area (TPSA) is 22.1 Å². The number of methoxy groups -OCH3 is 1. The summed E-state index contributed by atoms with van der Waals surface area (Å²) in [5.41, 5.74) is 3.94. The lowest BCUT2D eigenvalue weighted by Crippen LogP contribution is -2.01. The number of aromatic nitrogens is 1. The molecule has 0 amide bonds. The van der Waals surface area contributed by atoms with E-state index < -0.39 is 0 Å². The highest BCUT2D eigenvalue weighted by Gasteiger charge is 2.03. The van der Waals surface area contributed by atoms with E-state index in [-0.39, 0.29) is 0 Å². The number of nitrogens with zero attached hydrogens (tertiary/aromatic N) is 1. The Labute approximate surface area is 102 Å². The van der Waals surface area contributed by atoms with Crippen LogP contribution >= 0.6 is 0 Å². The lowest BCUT2D eigenvalue weighted by atomic mass is 10.0. The molecule has 0 saturated heterocycles. The van der Waals surface area contributed by atoms with E-state index in [1.165, 1.54) is 16.7 Å². The van der Waals surface area contributed by atoms with Crippen LogP contribution < -0.4 is 0 Å². The molecule has 0 bridgehead atoms. The Morgan fingerprint density at radius 2 is 1.88 bits per heavy atom. The average molecular weight is 227 g/mol. The van der Waals surface area contributed by atoms with Crippen molar-refractivity contribution in [2.75, 3.05) is 13.7 Å². The van der Waals surface area contributed by atoms with Gasteiger partial charge in [-0.25, -0.2) is 0 Å². The fourth-order valence-electron chi connectivity index (χ4n) is 1.88. The van der Waals surface area contributed by atoms with E-state index in [2.05, 4.69) is 35.3 Å². The van der Waals surface area contributed by atoms with E-state index in [1.54, 1.807) is 7.11 Å². The minimum Gasteiger partial charge on any atom is -0.384 e. The zero-order valence-corrected chi connectivity index (χ0v) is 10.1. The highest BCUT2D eigenvalue weighted by Crippen LogP contribution is 2.13. The van der Waals surface area contributed by atoms with Gasteiger partial charge in [-0.15, -0.1) is 0 Å². The molecule has 2 nitrogen and oxygen atoms in total. The van der Waals surface area contributed by atoms with Gasteiger partial charge in [0, 0.05) is 19.5 Å². The Bertz CT molecular complexity index is 453. The minimum atomic E-state index is 0.744. The molecule has 2 rings (SSSR count). The van der Waals surface area contributed by atoms with Crippen molar-refractivity contribution in [2.45, 2.75) is 12.8 Å². The summed E-state index contributed by atoms with van der Waals surface area (Å²) in [6.07, 6.45) is 5.68. The van der Waals surface area contributed by atoms with E-state index >= 15 is 0 Å². The second-order valence-corrected chi connectivity index (χ2v) is 4.05. The first-order chi connectivity index (χ1) is 8.40. The van der Waals surface area contributed by atoms with Crippen LogP contribution in [0.1, 0.15) is 16.7 Å². The molecule has 0 unspecified atom stereocenters. The molecule has 0 spiro atoms. The number of ether oxygens (including phenoxy) is 1. The summed E-state index contributed by atoms with van der Waals surface area (Å²) >= 11 is 0. The third-order valence-electron chi connectivity index (χ3n) is 2.82. The van der Waals surface area contributed by atoms with Crippen molar-refractivity contribution in [1.29, 1.82) is 0 Å². The lowest BCUT2D eigenvalue weighted by molar-refractivity contribution is 0.202.